The van der Waals surface area contributed by atoms with Gasteiger partial charge in [-0.25, -0.2) is 0 Å². The van der Waals surface area contributed by atoms with Gasteiger partial charge in [0.2, 0.25) is 0 Å². The normalized spacial score (nSPS) is 12.0. The molecule has 4 nitrogen and oxygen atoms in total. The van der Waals surface area contributed by atoms with Gasteiger partial charge in [0, 0.05) is 12.6 Å². The summed E-state index contributed by atoms with van der Waals surface area (Å²) in [5.74, 6) is 1.25. The molecule has 0 heterocycles. The standard InChI is InChI=1S/C14H20N2O2/c1-10(2)16-9-12-5-6-13(14(7-12)17-4)18-11(3)8-15/h5-7,10-11,16H,9H2,1-4H3. The van der Waals surface area contributed by atoms with Crippen LogP contribution in [0, 0.1) is 11.3 Å². The number of nitriles is 1. The molecule has 0 aliphatic rings. The van der Waals surface area contributed by atoms with Crippen LogP contribution < -0.4 is 14.8 Å². The molecule has 0 fully saturated rings. The first kappa shape index (κ1) is 14.3. The molecule has 0 amide bonds. The average Bonchev–Trinajstić information content (AvgIpc) is 2.37. The fourth-order valence-corrected chi connectivity index (χ4v) is 1.46. The number of hydrogen-bond acceptors (Lipinski definition) is 4. The number of hydrogen-bond donors (Lipinski definition) is 1. The quantitative estimate of drug-likeness (QED) is 0.840. The first-order valence-corrected chi connectivity index (χ1v) is 6.03. The number of methoxy groups -OCH3 is 1. The minimum Gasteiger partial charge on any atom is -0.493 e. The Morgan fingerprint density at radius 2 is 2.00 bits per heavy atom. The molecule has 1 aromatic carbocycles. The molecule has 0 radical (unpaired) electrons. The first-order chi connectivity index (χ1) is 8.56. The third-order valence-corrected chi connectivity index (χ3v) is 2.43. The first-order valence-electron chi connectivity index (χ1n) is 6.03. The highest BCUT2D eigenvalue weighted by Crippen LogP contribution is 2.28. The van der Waals surface area contributed by atoms with E-state index in [-0.39, 0.29) is 0 Å². The molecule has 1 aromatic rings. The Hall–Kier alpha value is -1.73. The SMILES string of the molecule is COc1cc(CNC(C)C)ccc1OC(C)C#N. The second kappa shape index (κ2) is 6.87. The topological polar surface area (TPSA) is 54.3 Å². The monoisotopic (exact) mass is 248 g/mol. The molecule has 4 heteroatoms. The lowest BCUT2D eigenvalue weighted by Gasteiger charge is -2.14. The molecule has 0 aromatic heterocycles. The Morgan fingerprint density at radius 1 is 1.28 bits per heavy atom. The van der Waals surface area contributed by atoms with Crippen molar-refractivity contribution in [2.75, 3.05) is 7.11 Å². The fraction of sp³-hybridized carbons (Fsp3) is 0.500. The predicted octanol–water partition coefficient (Wildman–Crippen LogP) is 2.48. The van der Waals surface area contributed by atoms with Crippen LogP contribution in [0.3, 0.4) is 0 Å². The molecular weight excluding hydrogens is 228 g/mol. The smallest absolute Gasteiger partial charge is 0.181 e. The van der Waals surface area contributed by atoms with E-state index < -0.39 is 6.10 Å². The summed E-state index contributed by atoms with van der Waals surface area (Å²) in [4.78, 5) is 0. The van der Waals surface area contributed by atoms with Crippen LogP contribution in [-0.4, -0.2) is 19.3 Å². The minimum atomic E-state index is -0.487. The van der Waals surface area contributed by atoms with Gasteiger partial charge in [-0.15, -0.1) is 0 Å². The highest BCUT2D eigenvalue weighted by atomic mass is 16.5. The Morgan fingerprint density at radius 3 is 2.56 bits per heavy atom. The number of rotatable bonds is 6. The highest BCUT2D eigenvalue weighted by molar-refractivity contribution is 5.43. The molecule has 0 bridgehead atoms. The van der Waals surface area contributed by atoms with Crippen LogP contribution in [-0.2, 0) is 6.54 Å². The molecule has 1 rings (SSSR count). The van der Waals surface area contributed by atoms with Gasteiger partial charge in [0.15, 0.2) is 17.6 Å². The van der Waals surface area contributed by atoms with E-state index in [4.69, 9.17) is 14.7 Å². The van der Waals surface area contributed by atoms with Crippen LogP contribution in [0.4, 0.5) is 0 Å². The molecule has 1 N–H and O–H groups in total. The van der Waals surface area contributed by atoms with E-state index in [9.17, 15) is 0 Å². The van der Waals surface area contributed by atoms with Crippen molar-refractivity contribution >= 4 is 0 Å². The summed E-state index contributed by atoms with van der Waals surface area (Å²) in [6.45, 7) is 6.68. The molecule has 0 aliphatic heterocycles. The molecule has 0 saturated heterocycles. The van der Waals surface area contributed by atoms with Crippen LogP contribution in [0.5, 0.6) is 11.5 Å². The lowest BCUT2D eigenvalue weighted by Crippen LogP contribution is -2.21. The maximum absolute atomic E-state index is 8.73. The van der Waals surface area contributed by atoms with Crippen molar-refractivity contribution in [2.45, 2.75) is 39.5 Å². The van der Waals surface area contributed by atoms with Gasteiger partial charge < -0.3 is 14.8 Å². The lowest BCUT2D eigenvalue weighted by atomic mass is 10.2. The molecule has 0 aliphatic carbocycles. The summed E-state index contributed by atoms with van der Waals surface area (Å²) in [5.41, 5.74) is 1.12. The number of nitrogens with one attached hydrogen (secondary N) is 1. The van der Waals surface area contributed by atoms with E-state index in [1.54, 1.807) is 14.0 Å². The second-order valence-corrected chi connectivity index (χ2v) is 4.41. The van der Waals surface area contributed by atoms with Crippen molar-refractivity contribution in [2.24, 2.45) is 0 Å². The number of benzene rings is 1. The van der Waals surface area contributed by atoms with Crippen molar-refractivity contribution in [1.82, 2.24) is 5.32 Å². The molecule has 0 spiro atoms. The third kappa shape index (κ3) is 4.27. The van der Waals surface area contributed by atoms with Crippen molar-refractivity contribution in [3.8, 4) is 17.6 Å². The molecule has 1 unspecified atom stereocenters. The van der Waals surface area contributed by atoms with Gasteiger partial charge in [0.1, 0.15) is 6.07 Å². The summed E-state index contributed by atoms with van der Waals surface area (Å²) >= 11 is 0. The van der Waals surface area contributed by atoms with E-state index in [0.29, 0.717) is 17.5 Å². The zero-order chi connectivity index (χ0) is 13.5. The number of nitrogens with zero attached hydrogens (tertiary/aromatic N) is 1. The van der Waals surface area contributed by atoms with Gasteiger partial charge in [-0.2, -0.15) is 5.26 Å². The van der Waals surface area contributed by atoms with Gasteiger partial charge in [0.05, 0.1) is 7.11 Å². The van der Waals surface area contributed by atoms with E-state index in [2.05, 4.69) is 19.2 Å². The molecule has 0 saturated carbocycles. The van der Waals surface area contributed by atoms with Crippen LogP contribution in [0.25, 0.3) is 0 Å². The largest absolute Gasteiger partial charge is 0.493 e. The summed E-state index contributed by atoms with van der Waals surface area (Å²) in [6.07, 6.45) is -0.487. The number of ether oxygens (including phenoxy) is 2. The molecular formula is C14H20N2O2. The van der Waals surface area contributed by atoms with E-state index in [0.717, 1.165) is 12.1 Å². The minimum absolute atomic E-state index is 0.436. The van der Waals surface area contributed by atoms with Crippen molar-refractivity contribution < 1.29 is 9.47 Å². The summed E-state index contributed by atoms with van der Waals surface area (Å²) in [5, 5.41) is 12.1. The van der Waals surface area contributed by atoms with Crippen molar-refractivity contribution in [1.29, 1.82) is 5.26 Å². The van der Waals surface area contributed by atoms with Gasteiger partial charge in [-0.3, -0.25) is 0 Å². The van der Waals surface area contributed by atoms with Crippen LogP contribution in [0.1, 0.15) is 26.3 Å². The third-order valence-electron chi connectivity index (χ3n) is 2.43. The molecule has 18 heavy (non-hydrogen) atoms. The Bertz CT molecular complexity index is 424. The van der Waals surface area contributed by atoms with E-state index >= 15 is 0 Å². The Kier molecular flexibility index (Phi) is 5.47. The summed E-state index contributed by atoms with van der Waals surface area (Å²) in [6, 6.07) is 8.20. The van der Waals surface area contributed by atoms with Crippen LogP contribution >= 0.6 is 0 Å². The fourth-order valence-electron chi connectivity index (χ4n) is 1.46. The van der Waals surface area contributed by atoms with Gasteiger partial charge >= 0.3 is 0 Å². The van der Waals surface area contributed by atoms with Gasteiger partial charge in [0.25, 0.3) is 0 Å². The maximum Gasteiger partial charge on any atom is 0.181 e. The Labute approximate surface area is 109 Å². The second-order valence-electron chi connectivity index (χ2n) is 4.41. The van der Waals surface area contributed by atoms with E-state index in [1.165, 1.54) is 0 Å². The zero-order valence-corrected chi connectivity index (χ0v) is 11.4. The summed E-state index contributed by atoms with van der Waals surface area (Å²) < 4.78 is 10.7. The maximum atomic E-state index is 8.73. The van der Waals surface area contributed by atoms with E-state index in [1.807, 2.05) is 24.3 Å². The van der Waals surface area contributed by atoms with Crippen molar-refractivity contribution in [3.63, 3.8) is 0 Å². The van der Waals surface area contributed by atoms with Crippen LogP contribution in [0.15, 0.2) is 18.2 Å². The molecule has 98 valence electrons. The van der Waals surface area contributed by atoms with Crippen LogP contribution in [0.2, 0.25) is 0 Å². The Balaban J connectivity index is 2.80. The van der Waals surface area contributed by atoms with Gasteiger partial charge in [-0.1, -0.05) is 19.9 Å². The van der Waals surface area contributed by atoms with Gasteiger partial charge in [-0.05, 0) is 24.6 Å². The van der Waals surface area contributed by atoms with Crippen molar-refractivity contribution in [3.05, 3.63) is 23.8 Å². The highest BCUT2D eigenvalue weighted by Gasteiger charge is 2.09. The lowest BCUT2D eigenvalue weighted by molar-refractivity contribution is 0.260. The summed E-state index contributed by atoms with van der Waals surface area (Å²) in [7, 11) is 1.60. The predicted molar refractivity (Wildman–Crippen MR) is 70.7 cm³/mol. The average molecular weight is 248 g/mol. The zero-order valence-electron chi connectivity index (χ0n) is 11.4. The molecule has 1 atom stereocenters.